The molecule has 0 unspecified atom stereocenters. The summed E-state index contributed by atoms with van der Waals surface area (Å²) < 4.78 is 40.8. The first kappa shape index (κ1) is 18.2. The predicted octanol–water partition coefficient (Wildman–Crippen LogP) is 2.96. The highest BCUT2D eigenvalue weighted by Crippen LogP contribution is 2.39. The molecule has 0 radical (unpaired) electrons. The molecule has 0 atom stereocenters. The van der Waals surface area contributed by atoms with Crippen molar-refractivity contribution in [2.75, 3.05) is 13.1 Å². The molecule has 1 aromatic carbocycles. The average molecular weight is 404 g/mol. The van der Waals surface area contributed by atoms with Crippen LogP contribution in [0.3, 0.4) is 0 Å². The standard InChI is InChI=1S/C19H17FN2O3S2/c20-18-16(7-4-8-21-18)17-9-14(12-22-10-13(23)11-22)26-19(17)27(24,25)15-5-2-1-3-6-15/h1-9,13,23H,10-12H2. The number of likely N-dealkylation sites (tertiary alicyclic amines) is 1. The molecule has 27 heavy (non-hydrogen) atoms. The monoisotopic (exact) mass is 404 g/mol. The van der Waals surface area contributed by atoms with E-state index in [1.807, 2.05) is 4.90 Å². The Morgan fingerprint density at radius 2 is 1.89 bits per heavy atom. The van der Waals surface area contributed by atoms with Gasteiger partial charge in [0.05, 0.1) is 11.0 Å². The molecule has 8 heteroatoms. The Bertz CT molecular complexity index is 1060. The zero-order valence-corrected chi connectivity index (χ0v) is 15.9. The van der Waals surface area contributed by atoms with Crippen LogP contribution < -0.4 is 0 Å². The van der Waals surface area contributed by atoms with Crippen LogP contribution in [0.15, 0.2) is 63.8 Å². The first-order chi connectivity index (χ1) is 12.9. The fraction of sp³-hybridized carbons (Fsp3) is 0.211. The molecule has 5 nitrogen and oxygen atoms in total. The Hall–Kier alpha value is -2.13. The molecule has 1 N–H and O–H groups in total. The van der Waals surface area contributed by atoms with Crippen LogP contribution in [0.2, 0.25) is 0 Å². The molecule has 4 rings (SSSR count). The highest BCUT2D eigenvalue weighted by Gasteiger charge is 2.29. The molecule has 0 amide bonds. The van der Waals surface area contributed by atoms with Gasteiger partial charge in [-0.2, -0.15) is 4.39 Å². The highest BCUT2D eigenvalue weighted by molar-refractivity contribution is 7.93. The van der Waals surface area contributed by atoms with Crippen molar-refractivity contribution in [1.82, 2.24) is 9.88 Å². The number of thiophene rings is 1. The number of β-amino-alcohol motifs (C(OH)–C–C–N with tert-alkyl or cyclic N) is 1. The predicted molar refractivity (Wildman–Crippen MR) is 101 cm³/mol. The molecule has 3 aromatic rings. The number of sulfone groups is 1. The second-order valence-electron chi connectivity index (χ2n) is 6.42. The summed E-state index contributed by atoms with van der Waals surface area (Å²) >= 11 is 1.14. The summed E-state index contributed by atoms with van der Waals surface area (Å²) in [6, 6.07) is 13.0. The first-order valence-electron chi connectivity index (χ1n) is 8.39. The third-order valence-corrected chi connectivity index (χ3v) is 7.84. The topological polar surface area (TPSA) is 70.5 Å². The van der Waals surface area contributed by atoms with Crippen molar-refractivity contribution >= 4 is 21.2 Å². The van der Waals surface area contributed by atoms with E-state index >= 15 is 0 Å². The maximum absolute atomic E-state index is 14.3. The molecule has 1 saturated heterocycles. The smallest absolute Gasteiger partial charge is 0.220 e. The van der Waals surface area contributed by atoms with Gasteiger partial charge >= 0.3 is 0 Å². The third kappa shape index (κ3) is 3.53. The minimum absolute atomic E-state index is 0.108. The van der Waals surface area contributed by atoms with Crippen LogP contribution in [0.5, 0.6) is 0 Å². The maximum atomic E-state index is 14.3. The molecular formula is C19H17FN2O3S2. The van der Waals surface area contributed by atoms with Crippen LogP contribution in [0.4, 0.5) is 4.39 Å². The molecule has 1 fully saturated rings. The largest absolute Gasteiger partial charge is 0.390 e. The Kier molecular flexibility index (Phi) is 4.81. The van der Waals surface area contributed by atoms with Gasteiger partial charge in [0.25, 0.3) is 0 Å². The van der Waals surface area contributed by atoms with E-state index in [1.165, 1.54) is 24.4 Å². The van der Waals surface area contributed by atoms with Crippen LogP contribution in [-0.4, -0.2) is 42.6 Å². The summed E-state index contributed by atoms with van der Waals surface area (Å²) in [6.45, 7) is 1.62. The van der Waals surface area contributed by atoms with Crippen molar-refractivity contribution in [3.05, 3.63) is 65.6 Å². The van der Waals surface area contributed by atoms with Crippen LogP contribution in [0, 0.1) is 5.95 Å². The number of rotatable bonds is 5. The molecule has 0 bridgehead atoms. The lowest BCUT2D eigenvalue weighted by molar-refractivity contribution is -0.00228. The Morgan fingerprint density at radius 1 is 1.15 bits per heavy atom. The molecule has 3 heterocycles. The van der Waals surface area contributed by atoms with Gasteiger partial charge in [-0.1, -0.05) is 18.2 Å². The summed E-state index contributed by atoms with van der Waals surface area (Å²) in [5.74, 6) is -0.703. The fourth-order valence-electron chi connectivity index (χ4n) is 3.07. The molecule has 1 aliphatic heterocycles. The zero-order chi connectivity index (χ0) is 19.0. The van der Waals surface area contributed by atoms with Crippen molar-refractivity contribution in [2.45, 2.75) is 21.8 Å². The van der Waals surface area contributed by atoms with Crippen molar-refractivity contribution in [2.24, 2.45) is 0 Å². The first-order valence-corrected chi connectivity index (χ1v) is 10.7. The molecule has 1 aliphatic rings. The van der Waals surface area contributed by atoms with Crippen LogP contribution >= 0.6 is 11.3 Å². The van der Waals surface area contributed by atoms with Crippen molar-refractivity contribution in [3.8, 4) is 11.1 Å². The van der Waals surface area contributed by atoms with Gasteiger partial charge in [-0.25, -0.2) is 13.4 Å². The normalized spacial score (nSPS) is 15.6. The van der Waals surface area contributed by atoms with Gasteiger partial charge in [0.2, 0.25) is 15.8 Å². The van der Waals surface area contributed by atoms with Crippen molar-refractivity contribution in [3.63, 3.8) is 0 Å². The molecule has 2 aromatic heterocycles. The second kappa shape index (κ2) is 7.12. The average Bonchev–Trinajstić information content (AvgIpc) is 3.06. The van der Waals surface area contributed by atoms with Crippen LogP contribution in [-0.2, 0) is 16.4 Å². The summed E-state index contributed by atoms with van der Waals surface area (Å²) in [5, 5.41) is 9.46. The summed E-state index contributed by atoms with van der Waals surface area (Å²) in [6.07, 6.45) is 0.992. The number of benzene rings is 1. The number of aliphatic hydroxyl groups is 1. The molecule has 140 valence electrons. The minimum Gasteiger partial charge on any atom is -0.390 e. The van der Waals surface area contributed by atoms with E-state index in [0.29, 0.717) is 25.2 Å². The number of halogens is 1. The van der Waals surface area contributed by atoms with Gasteiger partial charge < -0.3 is 5.11 Å². The Labute approximate surface area is 160 Å². The van der Waals surface area contributed by atoms with E-state index in [4.69, 9.17) is 0 Å². The van der Waals surface area contributed by atoms with E-state index < -0.39 is 15.8 Å². The van der Waals surface area contributed by atoms with E-state index in [9.17, 15) is 17.9 Å². The lowest BCUT2D eigenvalue weighted by Crippen LogP contribution is -2.49. The molecule has 0 aliphatic carbocycles. The molecule has 0 saturated carbocycles. The number of aromatic nitrogens is 1. The van der Waals surface area contributed by atoms with Gasteiger partial charge in [-0.05, 0) is 30.3 Å². The van der Waals surface area contributed by atoms with Crippen molar-refractivity contribution < 1.29 is 17.9 Å². The number of hydrogen-bond donors (Lipinski definition) is 1. The summed E-state index contributed by atoms with van der Waals surface area (Å²) in [5.41, 5.74) is 0.490. The number of pyridine rings is 1. The lowest BCUT2D eigenvalue weighted by Gasteiger charge is -2.35. The number of nitrogens with zero attached hydrogens (tertiary/aromatic N) is 2. The second-order valence-corrected chi connectivity index (χ2v) is 9.70. The Morgan fingerprint density at radius 3 is 2.56 bits per heavy atom. The van der Waals surface area contributed by atoms with Gasteiger partial charge in [0, 0.05) is 41.8 Å². The number of aliphatic hydroxyl groups excluding tert-OH is 1. The van der Waals surface area contributed by atoms with Crippen LogP contribution in [0.1, 0.15) is 4.88 Å². The van der Waals surface area contributed by atoms with Gasteiger partial charge in [-0.3, -0.25) is 4.90 Å². The minimum atomic E-state index is -3.79. The third-order valence-electron chi connectivity index (χ3n) is 4.41. The van der Waals surface area contributed by atoms with Crippen molar-refractivity contribution in [1.29, 1.82) is 0 Å². The Balaban J connectivity index is 1.81. The van der Waals surface area contributed by atoms with Gasteiger partial charge in [0.15, 0.2) is 0 Å². The maximum Gasteiger partial charge on any atom is 0.220 e. The quantitative estimate of drug-likeness (QED) is 0.662. The zero-order valence-electron chi connectivity index (χ0n) is 14.2. The van der Waals surface area contributed by atoms with E-state index in [1.54, 1.807) is 30.3 Å². The van der Waals surface area contributed by atoms with Gasteiger partial charge in [-0.15, -0.1) is 11.3 Å². The summed E-state index contributed by atoms with van der Waals surface area (Å²) in [7, 11) is -3.79. The van der Waals surface area contributed by atoms with E-state index in [-0.39, 0.29) is 20.8 Å². The lowest BCUT2D eigenvalue weighted by atomic mass is 10.1. The number of hydrogen-bond acceptors (Lipinski definition) is 6. The summed E-state index contributed by atoms with van der Waals surface area (Å²) in [4.78, 5) is 6.64. The van der Waals surface area contributed by atoms with E-state index in [0.717, 1.165) is 16.2 Å². The van der Waals surface area contributed by atoms with Gasteiger partial charge in [0.1, 0.15) is 4.21 Å². The fourth-order valence-corrected chi connectivity index (χ4v) is 6.25. The highest BCUT2D eigenvalue weighted by atomic mass is 32.2. The van der Waals surface area contributed by atoms with E-state index in [2.05, 4.69) is 4.98 Å². The molecular weight excluding hydrogens is 387 g/mol. The van der Waals surface area contributed by atoms with Crippen LogP contribution in [0.25, 0.3) is 11.1 Å². The molecule has 0 spiro atoms. The SMILES string of the molecule is O=S(=O)(c1ccccc1)c1sc(CN2CC(O)C2)cc1-c1cccnc1F.